The smallest absolute Gasteiger partial charge is 0.337 e. The lowest BCUT2D eigenvalue weighted by molar-refractivity contribution is 0.0600. The van der Waals surface area contributed by atoms with Crippen LogP contribution in [0.3, 0.4) is 0 Å². The Morgan fingerprint density at radius 3 is 2.62 bits per heavy atom. The zero-order valence-electron chi connectivity index (χ0n) is 13.1. The number of nitrogens with one attached hydrogen (secondary N) is 1. The van der Waals surface area contributed by atoms with E-state index in [1.165, 1.54) is 7.11 Å². The van der Waals surface area contributed by atoms with Gasteiger partial charge >= 0.3 is 5.97 Å². The number of carbonyl (C=O) groups excluding carboxylic acids is 1. The highest BCUT2D eigenvalue weighted by Crippen LogP contribution is 2.18. The van der Waals surface area contributed by atoms with E-state index < -0.39 is 0 Å². The SMILES string of the molecule is COC(=O)c1ccc(COc2ccccc2/C=N\NC(N)=S)cc1. The van der Waals surface area contributed by atoms with Crippen molar-refractivity contribution in [2.45, 2.75) is 6.61 Å². The minimum Gasteiger partial charge on any atom is -0.488 e. The maximum Gasteiger partial charge on any atom is 0.337 e. The number of ether oxygens (including phenoxy) is 2. The van der Waals surface area contributed by atoms with Crippen molar-refractivity contribution in [3.8, 4) is 5.75 Å². The van der Waals surface area contributed by atoms with Crippen LogP contribution in [0.4, 0.5) is 0 Å². The number of hydrogen-bond acceptors (Lipinski definition) is 5. The molecule has 0 aliphatic heterocycles. The number of carbonyl (C=O) groups is 1. The quantitative estimate of drug-likeness (QED) is 0.362. The summed E-state index contributed by atoms with van der Waals surface area (Å²) in [6.45, 7) is 0.356. The molecule has 7 heteroatoms. The van der Waals surface area contributed by atoms with Crippen molar-refractivity contribution in [2.24, 2.45) is 10.8 Å². The number of benzene rings is 2. The van der Waals surface area contributed by atoms with Crippen molar-refractivity contribution in [3.05, 3.63) is 65.2 Å². The van der Waals surface area contributed by atoms with Crippen LogP contribution in [-0.2, 0) is 11.3 Å². The summed E-state index contributed by atoms with van der Waals surface area (Å²) < 4.78 is 10.5. The van der Waals surface area contributed by atoms with Crippen LogP contribution in [0.25, 0.3) is 0 Å². The monoisotopic (exact) mass is 343 g/mol. The minimum absolute atomic E-state index is 0.0929. The maximum absolute atomic E-state index is 11.4. The lowest BCUT2D eigenvalue weighted by Gasteiger charge is -2.09. The fourth-order valence-corrected chi connectivity index (χ4v) is 1.95. The Labute approximate surface area is 145 Å². The maximum atomic E-state index is 11.4. The highest BCUT2D eigenvalue weighted by Gasteiger charge is 2.05. The van der Waals surface area contributed by atoms with Gasteiger partial charge in [-0.1, -0.05) is 24.3 Å². The number of nitrogens with two attached hydrogens (primary N) is 1. The third-order valence-electron chi connectivity index (χ3n) is 3.07. The van der Waals surface area contributed by atoms with Crippen LogP contribution in [-0.4, -0.2) is 24.4 Å². The van der Waals surface area contributed by atoms with Crippen molar-refractivity contribution < 1.29 is 14.3 Å². The molecule has 3 N–H and O–H groups in total. The largest absolute Gasteiger partial charge is 0.488 e. The summed E-state index contributed by atoms with van der Waals surface area (Å²) >= 11 is 4.69. The fourth-order valence-electron chi connectivity index (χ4n) is 1.90. The van der Waals surface area contributed by atoms with Crippen LogP contribution in [0.15, 0.2) is 53.6 Å². The summed E-state index contributed by atoms with van der Waals surface area (Å²) in [5.74, 6) is 0.303. The predicted octanol–water partition coefficient (Wildman–Crippen LogP) is 2.22. The molecule has 2 aromatic carbocycles. The molecule has 0 amide bonds. The summed E-state index contributed by atoms with van der Waals surface area (Å²) in [6.07, 6.45) is 1.58. The Hall–Kier alpha value is -2.93. The van der Waals surface area contributed by atoms with Crippen LogP contribution in [0.5, 0.6) is 5.75 Å². The highest BCUT2D eigenvalue weighted by molar-refractivity contribution is 7.80. The van der Waals surface area contributed by atoms with Crippen molar-refractivity contribution in [2.75, 3.05) is 7.11 Å². The number of hydrazone groups is 1. The molecule has 0 saturated carbocycles. The van der Waals surface area contributed by atoms with Crippen molar-refractivity contribution in [1.29, 1.82) is 0 Å². The normalized spacial score (nSPS) is 10.4. The molecular formula is C17H17N3O3S. The number of rotatable bonds is 6. The van der Waals surface area contributed by atoms with E-state index in [4.69, 9.17) is 10.5 Å². The van der Waals surface area contributed by atoms with E-state index in [-0.39, 0.29) is 11.1 Å². The average Bonchev–Trinajstić information content (AvgIpc) is 2.60. The van der Waals surface area contributed by atoms with Crippen molar-refractivity contribution in [1.82, 2.24) is 5.43 Å². The first-order valence-electron chi connectivity index (χ1n) is 7.07. The van der Waals surface area contributed by atoms with Crippen molar-refractivity contribution >= 4 is 29.5 Å². The molecule has 0 saturated heterocycles. The van der Waals surface area contributed by atoms with Gasteiger partial charge in [0.05, 0.1) is 18.9 Å². The molecule has 0 unspecified atom stereocenters. The molecule has 0 bridgehead atoms. The second kappa shape index (κ2) is 8.64. The van der Waals surface area contributed by atoms with E-state index in [0.29, 0.717) is 17.9 Å². The second-order valence-electron chi connectivity index (χ2n) is 4.75. The molecule has 0 aliphatic carbocycles. The Kier molecular flexibility index (Phi) is 6.27. The van der Waals surface area contributed by atoms with Gasteiger partial charge in [-0.25, -0.2) is 4.79 Å². The van der Waals surface area contributed by atoms with Crippen molar-refractivity contribution in [3.63, 3.8) is 0 Å². The molecule has 2 aromatic rings. The molecule has 0 radical (unpaired) electrons. The van der Waals surface area contributed by atoms with E-state index in [2.05, 4.69) is 27.5 Å². The molecule has 2 rings (SSSR count). The van der Waals surface area contributed by atoms with E-state index in [1.807, 2.05) is 36.4 Å². The third kappa shape index (κ3) is 5.06. The molecule has 24 heavy (non-hydrogen) atoms. The Morgan fingerprint density at radius 2 is 1.96 bits per heavy atom. The zero-order chi connectivity index (χ0) is 17.4. The van der Waals surface area contributed by atoms with Gasteiger partial charge in [-0.15, -0.1) is 0 Å². The number of thiocarbonyl (C=S) groups is 1. The Balaban J connectivity index is 2.02. The van der Waals surface area contributed by atoms with E-state index in [1.54, 1.807) is 18.3 Å². The van der Waals surface area contributed by atoms with Gasteiger partial charge in [0.1, 0.15) is 12.4 Å². The number of esters is 1. The summed E-state index contributed by atoms with van der Waals surface area (Å²) in [5.41, 5.74) is 10.0. The molecule has 0 fully saturated rings. The fraction of sp³-hybridized carbons (Fsp3) is 0.118. The lowest BCUT2D eigenvalue weighted by atomic mass is 10.1. The van der Waals surface area contributed by atoms with E-state index in [0.717, 1.165) is 11.1 Å². The number of hydrogen-bond donors (Lipinski definition) is 2. The first-order valence-corrected chi connectivity index (χ1v) is 7.48. The van der Waals surface area contributed by atoms with E-state index in [9.17, 15) is 4.79 Å². The topological polar surface area (TPSA) is 85.9 Å². The molecular weight excluding hydrogens is 326 g/mol. The standard InChI is InChI=1S/C17H17N3O3S/c1-22-16(21)13-8-6-12(7-9-13)11-23-15-5-3-2-4-14(15)10-19-20-17(18)24/h2-10H,11H2,1H3,(H3,18,20,24)/b19-10-. The molecule has 0 aliphatic rings. The molecule has 124 valence electrons. The van der Waals surface area contributed by atoms with Gasteiger partial charge in [-0.2, -0.15) is 5.10 Å². The molecule has 0 aromatic heterocycles. The molecule has 0 spiro atoms. The third-order valence-corrected chi connectivity index (χ3v) is 3.16. The van der Waals surface area contributed by atoms with Crippen LogP contribution in [0, 0.1) is 0 Å². The van der Waals surface area contributed by atoms with Gasteiger partial charge in [0, 0.05) is 5.56 Å². The number of nitrogens with zero attached hydrogens (tertiary/aromatic N) is 1. The van der Waals surface area contributed by atoms with Gasteiger partial charge in [-0.05, 0) is 42.0 Å². The second-order valence-corrected chi connectivity index (χ2v) is 5.19. The van der Waals surface area contributed by atoms with E-state index >= 15 is 0 Å². The molecule has 0 heterocycles. The number of para-hydroxylation sites is 1. The minimum atomic E-state index is -0.366. The van der Waals surface area contributed by atoms with Crippen LogP contribution in [0.2, 0.25) is 0 Å². The highest BCUT2D eigenvalue weighted by atomic mass is 32.1. The zero-order valence-corrected chi connectivity index (χ0v) is 13.9. The first kappa shape index (κ1) is 17.4. The first-order chi connectivity index (χ1) is 11.6. The van der Waals surface area contributed by atoms with Gasteiger partial charge in [0.25, 0.3) is 0 Å². The summed E-state index contributed by atoms with van der Waals surface area (Å²) in [6, 6.07) is 14.5. The van der Waals surface area contributed by atoms with Gasteiger partial charge in [-0.3, -0.25) is 5.43 Å². The molecule has 6 nitrogen and oxygen atoms in total. The molecule has 0 atom stereocenters. The van der Waals surface area contributed by atoms with Gasteiger partial charge in [0.15, 0.2) is 5.11 Å². The predicted molar refractivity (Wildman–Crippen MR) is 96.1 cm³/mol. The van der Waals surface area contributed by atoms with Crippen LogP contribution in [0.1, 0.15) is 21.5 Å². The summed E-state index contributed by atoms with van der Waals surface area (Å²) in [5, 5.41) is 4.02. The lowest BCUT2D eigenvalue weighted by Crippen LogP contribution is -2.24. The average molecular weight is 343 g/mol. The van der Waals surface area contributed by atoms with Gasteiger partial charge < -0.3 is 15.2 Å². The summed E-state index contributed by atoms with van der Waals surface area (Å²) in [4.78, 5) is 11.4. The van der Waals surface area contributed by atoms with Crippen LogP contribution < -0.4 is 15.9 Å². The summed E-state index contributed by atoms with van der Waals surface area (Å²) in [7, 11) is 1.35. The Morgan fingerprint density at radius 1 is 1.25 bits per heavy atom. The Bertz CT molecular complexity index is 745. The number of methoxy groups -OCH3 is 1. The van der Waals surface area contributed by atoms with Gasteiger partial charge in [0.2, 0.25) is 0 Å². The van der Waals surface area contributed by atoms with Crippen LogP contribution >= 0.6 is 12.2 Å².